The number of hydrogen-bond acceptors (Lipinski definition) is 4. The predicted molar refractivity (Wildman–Crippen MR) is 70.1 cm³/mol. The van der Waals surface area contributed by atoms with Gasteiger partial charge < -0.3 is 9.73 Å². The SMILES string of the molecule is CC(NCCSc1ccncc1)c1ccco1. The monoisotopic (exact) mass is 248 g/mol. The quantitative estimate of drug-likeness (QED) is 0.629. The minimum absolute atomic E-state index is 0.267. The molecule has 90 valence electrons. The van der Waals surface area contributed by atoms with Gasteiger partial charge in [0, 0.05) is 29.6 Å². The molecule has 0 aromatic carbocycles. The van der Waals surface area contributed by atoms with Crippen LogP contribution in [0.3, 0.4) is 0 Å². The van der Waals surface area contributed by atoms with Crippen molar-refractivity contribution in [3.05, 3.63) is 48.7 Å². The average molecular weight is 248 g/mol. The summed E-state index contributed by atoms with van der Waals surface area (Å²) in [5.74, 6) is 2.02. The van der Waals surface area contributed by atoms with Crippen LogP contribution in [0.2, 0.25) is 0 Å². The fourth-order valence-corrected chi connectivity index (χ4v) is 2.29. The summed E-state index contributed by atoms with van der Waals surface area (Å²) in [5, 5.41) is 3.43. The third-order valence-corrected chi connectivity index (χ3v) is 3.45. The van der Waals surface area contributed by atoms with E-state index in [4.69, 9.17) is 4.42 Å². The summed E-state index contributed by atoms with van der Waals surface area (Å²) in [7, 11) is 0. The van der Waals surface area contributed by atoms with Gasteiger partial charge in [-0.15, -0.1) is 11.8 Å². The number of aromatic nitrogens is 1. The van der Waals surface area contributed by atoms with Crippen LogP contribution in [0.25, 0.3) is 0 Å². The Balaban J connectivity index is 1.67. The van der Waals surface area contributed by atoms with Crippen molar-refractivity contribution >= 4 is 11.8 Å². The molecular weight excluding hydrogens is 232 g/mol. The highest BCUT2D eigenvalue weighted by Crippen LogP contribution is 2.16. The number of nitrogens with zero attached hydrogens (tertiary/aromatic N) is 1. The highest BCUT2D eigenvalue weighted by atomic mass is 32.2. The van der Waals surface area contributed by atoms with Crippen molar-refractivity contribution in [1.82, 2.24) is 10.3 Å². The molecule has 1 unspecified atom stereocenters. The fourth-order valence-electron chi connectivity index (χ4n) is 1.52. The van der Waals surface area contributed by atoms with E-state index in [1.165, 1.54) is 4.90 Å². The first-order valence-electron chi connectivity index (χ1n) is 5.66. The molecule has 4 heteroatoms. The fraction of sp³-hybridized carbons (Fsp3) is 0.308. The van der Waals surface area contributed by atoms with E-state index in [9.17, 15) is 0 Å². The highest BCUT2D eigenvalue weighted by molar-refractivity contribution is 7.99. The van der Waals surface area contributed by atoms with Crippen LogP contribution in [0.1, 0.15) is 18.7 Å². The van der Waals surface area contributed by atoms with Gasteiger partial charge in [-0.05, 0) is 31.2 Å². The lowest BCUT2D eigenvalue weighted by molar-refractivity contribution is 0.438. The standard InChI is InChI=1S/C13H16N2OS/c1-11(13-3-2-9-16-13)15-8-10-17-12-4-6-14-7-5-12/h2-7,9,11,15H,8,10H2,1H3. The summed E-state index contributed by atoms with van der Waals surface area (Å²) in [6, 6.07) is 8.23. The van der Waals surface area contributed by atoms with E-state index in [2.05, 4.69) is 17.2 Å². The maximum absolute atomic E-state index is 5.33. The summed E-state index contributed by atoms with van der Waals surface area (Å²) in [5.41, 5.74) is 0. The number of pyridine rings is 1. The molecule has 3 nitrogen and oxygen atoms in total. The Morgan fingerprint density at radius 1 is 1.35 bits per heavy atom. The van der Waals surface area contributed by atoms with Crippen LogP contribution in [0.4, 0.5) is 0 Å². The van der Waals surface area contributed by atoms with Gasteiger partial charge >= 0.3 is 0 Å². The van der Waals surface area contributed by atoms with Crippen molar-refractivity contribution < 1.29 is 4.42 Å². The second kappa shape index (κ2) is 6.47. The number of furan rings is 1. The zero-order valence-electron chi connectivity index (χ0n) is 9.80. The molecular formula is C13H16N2OS. The van der Waals surface area contributed by atoms with Crippen LogP contribution in [0, 0.1) is 0 Å². The summed E-state index contributed by atoms with van der Waals surface area (Å²) < 4.78 is 5.33. The summed E-state index contributed by atoms with van der Waals surface area (Å²) in [4.78, 5) is 5.25. The molecule has 17 heavy (non-hydrogen) atoms. The van der Waals surface area contributed by atoms with E-state index in [0.29, 0.717) is 0 Å². The largest absolute Gasteiger partial charge is 0.468 e. The van der Waals surface area contributed by atoms with Crippen LogP contribution in [-0.2, 0) is 0 Å². The number of nitrogens with one attached hydrogen (secondary N) is 1. The van der Waals surface area contributed by atoms with Gasteiger partial charge in [0.15, 0.2) is 0 Å². The van der Waals surface area contributed by atoms with E-state index in [1.54, 1.807) is 6.26 Å². The van der Waals surface area contributed by atoms with Gasteiger partial charge in [0.05, 0.1) is 12.3 Å². The molecule has 0 aliphatic heterocycles. The Hall–Kier alpha value is -1.26. The van der Waals surface area contributed by atoms with Crippen molar-refractivity contribution in [3.8, 4) is 0 Å². The Labute approximate surface area is 106 Å². The van der Waals surface area contributed by atoms with Gasteiger partial charge in [-0.2, -0.15) is 0 Å². The molecule has 2 aromatic heterocycles. The highest BCUT2D eigenvalue weighted by Gasteiger charge is 2.06. The first-order valence-corrected chi connectivity index (χ1v) is 6.64. The summed E-state index contributed by atoms with van der Waals surface area (Å²) >= 11 is 1.83. The molecule has 0 saturated carbocycles. The van der Waals surface area contributed by atoms with E-state index in [0.717, 1.165) is 18.1 Å². The molecule has 1 N–H and O–H groups in total. The Morgan fingerprint density at radius 2 is 2.18 bits per heavy atom. The van der Waals surface area contributed by atoms with Gasteiger partial charge in [0.25, 0.3) is 0 Å². The first kappa shape index (κ1) is 12.2. The van der Waals surface area contributed by atoms with Crippen molar-refractivity contribution in [3.63, 3.8) is 0 Å². The molecule has 0 spiro atoms. The van der Waals surface area contributed by atoms with Crippen LogP contribution >= 0.6 is 11.8 Å². The molecule has 2 rings (SSSR count). The van der Waals surface area contributed by atoms with E-state index >= 15 is 0 Å². The van der Waals surface area contributed by atoms with Gasteiger partial charge in [0.1, 0.15) is 5.76 Å². The Bertz CT molecular complexity index is 416. The summed E-state index contributed by atoms with van der Waals surface area (Å²) in [6.45, 7) is 3.06. The topological polar surface area (TPSA) is 38.1 Å². The second-order valence-electron chi connectivity index (χ2n) is 3.72. The van der Waals surface area contributed by atoms with Crippen molar-refractivity contribution in [2.24, 2.45) is 0 Å². The molecule has 0 fully saturated rings. The normalized spacial score (nSPS) is 12.5. The van der Waals surface area contributed by atoms with Gasteiger partial charge in [-0.3, -0.25) is 4.98 Å². The maximum atomic E-state index is 5.33. The first-order chi connectivity index (χ1) is 8.36. The van der Waals surface area contributed by atoms with E-state index in [1.807, 2.05) is 48.4 Å². The Morgan fingerprint density at radius 3 is 2.88 bits per heavy atom. The lowest BCUT2D eigenvalue weighted by Crippen LogP contribution is -2.20. The third kappa shape index (κ3) is 3.91. The molecule has 2 aromatic rings. The number of hydrogen-bond donors (Lipinski definition) is 1. The zero-order valence-corrected chi connectivity index (χ0v) is 10.6. The smallest absolute Gasteiger partial charge is 0.120 e. The average Bonchev–Trinajstić information content (AvgIpc) is 2.89. The molecule has 0 saturated heterocycles. The van der Waals surface area contributed by atoms with Crippen molar-refractivity contribution in [2.75, 3.05) is 12.3 Å². The molecule has 0 aliphatic carbocycles. The summed E-state index contributed by atoms with van der Waals surface area (Å²) in [6.07, 6.45) is 5.35. The molecule has 0 aliphatic rings. The molecule has 0 amide bonds. The van der Waals surface area contributed by atoms with Crippen LogP contribution in [0.5, 0.6) is 0 Å². The predicted octanol–water partition coefficient (Wildman–Crippen LogP) is 3.12. The van der Waals surface area contributed by atoms with Gasteiger partial charge in [-0.1, -0.05) is 0 Å². The van der Waals surface area contributed by atoms with Crippen LogP contribution in [-0.4, -0.2) is 17.3 Å². The molecule has 1 atom stereocenters. The van der Waals surface area contributed by atoms with Gasteiger partial charge in [-0.25, -0.2) is 0 Å². The van der Waals surface area contributed by atoms with Crippen molar-refractivity contribution in [1.29, 1.82) is 0 Å². The lowest BCUT2D eigenvalue weighted by Gasteiger charge is -2.10. The van der Waals surface area contributed by atoms with Crippen molar-refractivity contribution in [2.45, 2.75) is 17.9 Å². The molecule has 2 heterocycles. The van der Waals surface area contributed by atoms with E-state index < -0.39 is 0 Å². The van der Waals surface area contributed by atoms with Crippen LogP contribution in [0.15, 0.2) is 52.2 Å². The maximum Gasteiger partial charge on any atom is 0.120 e. The minimum Gasteiger partial charge on any atom is -0.468 e. The Kier molecular flexibility index (Phi) is 4.64. The third-order valence-electron chi connectivity index (χ3n) is 2.44. The molecule has 0 bridgehead atoms. The lowest BCUT2D eigenvalue weighted by atomic mass is 10.2. The molecule has 0 radical (unpaired) electrons. The van der Waals surface area contributed by atoms with E-state index in [-0.39, 0.29) is 6.04 Å². The minimum atomic E-state index is 0.267. The van der Waals surface area contributed by atoms with Gasteiger partial charge in [0.2, 0.25) is 0 Å². The number of rotatable bonds is 6. The second-order valence-corrected chi connectivity index (χ2v) is 4.89. The van der Waals surface area contributed by atoms with Crippen LogP contribution < -0.4 is 5.32 Å². The number of thioether (sulfide) groups is 1. The zero-order chi connectivity index (χ0) is 11.9.